The van der Waals surface area contributed by atoms with Gasteiger partial charge in [-0.15, -0.1) is 0 Å². The summed E-state index contributed by atoms with van der Waals surface area (Å²) in [5, 5.41) is 15.8. The number of aryl methyl sites for hydroxylation is 3. The third-order valence-corrected chi connectivity index (χ3v) is 4.13. The van der Waals surface area contributed by atoms with Crippen molar-refractivity contribution in [2.45, 2.75) is 40.3 Å². The first-order valence-corrected chi connectivity index (χ1v) is 8.61. The second kappa shape index (κ2) is 8.67. The Morgan fingerprint density at radius 3 is 2.40 bits per heavy atom. The second-order valence-electron chi connectivity index (χ2n) is 6.76. The van der Waals surface area contributed by atoms with Gasteiger partial charge in [0.1, 0.15) is 5.82 Å². The highest BCUT2D eigenvalue weighted by Gasteiger charge is 2.11. The van der Waals surface area contributed by atoms with Gasteiger partial charge < -0.3 is 20.3 Å². The van der Waals surface area contributed by atoms with E-state index in [2.05, 4.69) is 33.2 Å². The van der Waals surface area contributed by atoms with Gasteiger partial charge in [0.15, 0.2) is 0 Å². The summed E-state index contributed by atoms with van der Waals surface area (Å²) in [5.74, 6) is 1.25. The molecule has 0 aliphatic heterocycles. The summed E-state index contributed by atoms with van der Waals surface area (Å²) in [6, 6.07) is 5.66. The van der Waals surface area contributed by atoms with Crippen molar-refractivity contribution in [3.63, 3.8) is 0 Å². The van der Waals surface area contributed by atoms with E-state index < -0.39 is 6.10 Å². The number of carbonyl (C=O) groups is 1. The first kappa shape index (κ1) is 19.0. The van der Waals surface area contributed by atoms with E-state index in [1.54, 1.807) is 6.20 Å². The molecule has 0 aliphatic rings. The number of imidazole rings is 1. The van der Waals surface area contributed by atoms with Gasteiger partial charge in [0.2, 0.25) is 0 Å². The lowest BCUT2D eigenvalue weighted by atomic mass is 10.0. The third kappa shape index (κ3) is 5.90. The number of benzene rings is 1. The van der Waals surface area contributed by atoms with Crippen LogP contribution in [-0.4, -0.2) is 33.8 Å². The molecule has 0 bridgehead atoms. The Bertz CT molecular complexity index is 691. The van der Waals surface area contributed by atoms with Gasteiger partial charge in [0, 0.05) is 32.0 Å². The van der Waals surface area contributed by atoms with Crippen molar-refractivity contribution >= 4 is 6.03 Å². The third-order valence-electron chi connectivity index (χ3n) is 4.13. The summed E-state index contributed by atoms with van der Waals surface area (Å²) in [5.41, 5.74) is 3.02. The van der Waals surface area contributed by atoms with Crippen LogP contribution in [0.5, 0.6) is 0 Å². The Labute approximate surface area is 149 Å². The fourth-order valence-corrected chi connectivity index (χ4v) is 2.84. The highest BCUT2D eigenvalue weighted by molar-refractivity contribution is 5.73. The molecule has 2 aromatic rings. The number of hydrogen-bond acceptors (Lipinski definition) is 3. The minimum absolute atomic E-state index is 0.184. The van der Waals surface area contributed by atoms with Crippen molar-refractivity contribution in [1.82, 2.24) is 20.2 Å². The van der Waals surface area contributed by atoms with Crippen molar-refractivity contribution < 1.29 is 9.90 Å². The summed E-state index contributed by atoms with van der Waals surface area (Å²) >= 11 is 0. The minimum Gasteiger partial charge on any atom is -0.387 e. The average Bonchev–Trinajstić information content (AvgIpc) is 2.94. The van der Waals surface area contributed by atoms with Gasteiger partial charge in [-0.1, -0.05) is 36.2 Å². The quantitative estimate of drug-likeness (QED) is 0.722. The molecule has 0 fully saturated rings. The van der Waals surface area contributed by atoms with Crippen LogP contribution in [0.4, 0.5) is 4.79 Å². The van der Waals surface area contributed by atoms with E-state index in [4.69, 9.17) is 0 Å². The molecule has 2 rings (SSSR count). The maximum absolute atomic E-state index is 11.9. The summed E-state index contributed by atoms with van der Waals surface area (Å²) in [6.07, 6.45) is 3.00. The maximum atomic E-state index is 11.9. The number of aromatic nitrogens is 2. The monoisotopic (exact) mass is 344 g/mol. The number of rotatable bonds is 7. The van der Waals surface area contributed by atoms with E-state index in [1.807, 2.05) is 39.1 Å². The molecule has 1 heterocycles. The summed E-state index contributed by atoms with van der Waals surface area (Å²) in [6.45, 7) is 9.56. The van der Waals surface area contributed by atoms with Crippen LogP contribution in [0.2, 0.25) is 0 Å². The van der Waals surface area contributed by atoms with E-state index in [-0.39, 0.29) is 18.5 Å². The van der Waals surface area contributed by atoms with Crippen LogP contribution in [0.1, 0.15) is 35.5 Å². The molecule has 136 valence electrons. The van der Waals surface area contributed by atoms with E-state index >= 15 is 0 Å². The lowest BCUT2D eigenvalue weighted by Crippen LogP contribution is -2.40. The van der Waals surface area contributed by atoms with Gasteiger partial charge in [-0.25, -0.2) is 9.78 Å². The second-order valence-corrected chi connectivity index (χ2v) is 6.76. The number of urea groups is 1. The van der Waals surface area contributed by atoms with Crippen LogP contribution in [0.3, 0.4) is 0 Å². The number of carbonyl (C=O) groups excluding carboxylic acids is 1. The van der Waals surface area contributed by atoms with Crippen LogP contribution >= 0.6 is 0 Å². The number of amides is 2. The van der Waals surface area contributed by atoms with Gasteiger partial charge in [0.05, 0.1) is 6.10 Å². The molecule has 0 saturated heterocycles. The summed E-state index contributed by atoms with van der Waals surface area (Å²) < 4.78 is 2.06. The lowest BCUT2D eigenvalue weighted by molar-refractivity contribution is 0.172. The standard InChI is InChI=1S/C19H28N4O2/c1-13-7-14(2)9-17(8-13)18(24)11-22-19(25)21-10-15(3)12-23-6-5-20-16(23)4/h5-9,15,18,24H,10-12H2,1-4H3,(H2,21,22,25). The van der Waals surface area contributed by atoms with Crippen molar-refractivity contribution in [3.8, 4) is 0 Å². The highest BCUT2D eigenvalue weighted by atomic mass is 16.3. The molecule has 0 spiro atoms. The molecule has 1 aromatic heterocycles. The van der Waals surface area contributed by atoms with E-state index in [9.17, 15) is 9.90 Å². The van der Waals surface area contributed by atoms with Crippen molar-refractivity contribution in [1.29, 1.82) is 0 Å². The molecular weight excluding hydrogens is 316 g/mol. The SMILES string of the molecule is Cc1cc(C)cc(C(O)CNC(=O)NCC(C)Cn2ccnc2C)c1. The molecule has 6 heteroatoms. The zero-order valence-corrected chi connectivity index (χ0v) is 15.4. The predicted octanol–water partition coefficient (Wildman–Crippen LogP) is 2.48. The van der Waals surface area contributed by atoms with E-state index in [0.717, 1.165) is 29.1 Å². The average molecular weight is 344 g/mol. The molecule has 6 nitrogen and oxygen atoms in total. The van der Waals surface area contributed by atoms with Gasteiger partial charge in [-0.2, -0.15) is 0 Å². The first-order valence-electron chi connectivity index (χ1n) is 8.61. The molecule has 0 aliphatic carbocycles. The molecule has 2 unspecified atom stereocenters. The molecular formula is C19H28N4O2. The number of nitrogens with zero attached hydrogens (tertiary/aromatic N) is 2. The van der Waals surface area contributed by atoms with Gasteiger partial charge in [0.25, 0.3) is 0 Å². The smallest absolute Gasteiger partial charge is 0.314 e. The van der Waals surface area contributed by atoms with Crippen LogP contribution in [0, 0.1) is 26.7 Å². The molecule has 25 heavy (non-hydrogen) atoms. The predicted molar refractivity (Wildman–Crippen MR) is 98.4 cm³/mol. The van der Waals surface area contributed by atoms with Crippen LogP contribution in [-0.2, 0) is 6.54 Å². The Morgan fingerprint density at radius 1 is 1.16 bits per heavy atom. The number of nitrogens with one attached hydrogen (secondary N) is 2. The van der Waals surface area contributed by atoms with Crippen molar-refractivity contribution in [2.24, 2.45) is 5.92 Å². The molecule has 0 saturated carbocycles. The van der Waals surface area contributed by atoms with E-state index in [1.165, 1.54) is 0 Å². The molecule has 2 amide bonds. The largest absolute Gasteiger partial charge is 0.387 e. The minimum atomic E-state index is -0.713. The Morgan fingerprint density at radius 2 is 1.80 bits per heavy atom. The summed E-state index contributed by atoms with van der Waals surface area (Å²) in [7, 11) is 0. The molecule has 0 radical (unpaired) electrons. The number of hydrogen-bond donors (Lipinski definition) is 3. The first-order chi connectivity index (χ1) is 11.8. The Balaban J connectivity index is 1.73. The zero-order chi connectivity index (χ0) is 18.4. The van der Waals surface area contributed by atoms with Crippen LogP contribution in [0.25, 0.3) is 0 Å². The Kier molecular flexibility index (Phi) is 6.58. The van der Waals surface area contributed by atoms with E-state index in [0.29, 0.717) is 6.54 Å². The molecule has 2 atom stereocenters. The van der Waals surface area contributed by atoms with Crippen LogP contribution in [0.15, 0.2) is 30.6 Å². The topological polar surface area (TPSA) is 79.2 Å². The zero-order valence-electron chi connectivity index (χ0n) is 15.4. The van der Waals surface area contributed by atoms with Gasteiger partial charge >= 0.3 is 6.03 Å². The Hall–Kier alpha value is -2.34. The number of aliphatic hydroxyl groups is 1. The van der Waals surface area contributed by atoms with Gasteiger partial charge in [-0.3, -0.25) is 0 Å². The van der Waals surface area contributed by atoms with Crippen LogP contribution < -0.4 is 10.6 Å². The fourth-order valence-electron chi connectivity index (χ4n) is 2.84. The van der Waals surface area contributed by atoms with Gasteiger partial charge in [-0.05, 0) is 32.3 Å². The highest BCUT2D eigenvalue weighted by Crippen LogP contribution is 2.16. The van der Waals surface area contributed by atoms with Crippen molar-refractivity contribution in [2.75, 3.05) is 13.1 Å². The molecule has 3 N–H and O–H groups in total. The lowest BCUT2D eigenvalue weighted by Gasteiger charge is -2.17. The number of aliphatic hydroxyl groups excluding tert-OH is 1. The van der Waals surface area contributed by atoms with Crippen molar-refractivity contribution in [3.05, 3.63) is 53.1 Å². The molecule has 1 aromatic carbocycles. The maximum Gasteiger partial charge on any atom is 0.314 e. The summed E-state index contributed by atoms with van der Waals surface area (Å²) in [4.78, 5) is 16.1. The fraction of sp³-hybridized carbons (Fsp3) is 0.474. The normalized spacial score (nSPS) is 13.3.